The highest BCUT2D eigenvalue weighted by molar-refractivity contribution is 5.93. The molecule has 1 aromatic carbocycles. The lowest BCUT2D eigenvalue weighted by Crippen LogP contribution is -2.48. The zero-order chi connectivity index (χ0) is 19.9. The van der Waals surface area contributed by atoms with Gasteiger partial charge in [-0.2, -0.15) is 0 Å². The minimum atomic E-state index is -0.110. The summed E-state index contributed by atoms with van der Waals surface area (Å²) >= 11 is 0. The van der Waals surface area contributed by atoms with Crippen molar-refractivity contribution in [1.82, 2.24) is 19.8 Å². The number of hydrogen-bond acceptors (Lipinski definition) is 6. The zero-order valence-electron chi connectivity index (χ0n) is 16.3. The molecular weight excluding hydrogens is 356 g/mol. The van der Waals surface area contributed by atoms with Crippen molar-refractivity contribution in [1.29, 1.82) is 0 Å². The predicted octanol–water partition coefficient (Wildman–Crippen LogP) is 1.98. The third-order valence-corrected chi connectivity index (χ3v) is 4.90. The summed E-state index contributed by atoms with van der Waals surface area (Å²) in [6, 6.07) is 8.10. The van der Waals surface area contributed by atoms with Crippen LogP contribution in [0.2, 0.25) is 0 Å². The van der Waals surface area contributed by atoms with Crippen LogP contribution in [0.4, 0.5) is 17.3 Å². The number of carbonyl (C=O) groups is 2. The summed E-state index contributed by atoms with van der Waals surface area (Å²) in [6.45, 7) is 8.35. The van der Waals surface area contributed by atoms with Crippen molar-refractivity contribution >= 4 is 29.6 Å². The molecule has 0 spiro atoms. The first-order valence-electron chi connectivity index (χ1n) is 9.57. The first-order valence-corrected chi connectivity index (χ1v) is 9.57. The SMILES string of the molecule is CCN(CC)c1ccc(Nc2ncc(C(=O)N3CCN(C=O)CC3)cn2)cc1. The zero-order valence-corrected chi connectivity index (χ0v) is 16.3. The molecule has 0 saturated carbocycles. The number of amides is 2. The number of aromatic nitrogens is 2. The van der Waals surface area contributed by atoms with Gasteiger partial charge in [0, 0.05) is 63.0 Å². The van der Waals surface area contributed by atoms with Crippen LogP contribution in [0.15, 0.2) is 36.7 Å². The number of hydrogen-bond donors (Lipinski definition) is 1. The molecule has 2 heterocycles. The maximum Gasteiger partial charge on any atom is 0.257 e. The van der Waals surface area contributed by atoms with Gasteiger partial charge in [0.05, 0.1) is 5.56 Å². The van der Waals surface area contributed by atoms with Gasteiger partial charge < -0.3 is 20.0 Å². The van der Waals surface area contributed by atoms with Gasteiger partial charge in [0.15, 0.2) is 0 Å². The first kappa shape index (κ1) is 19.6. The number of piperazine rings is 1. The molecule has 0 bridgehead atoms. The molecule has 1 N–H and O–H groups in total. The molecule has 1 saturated heterocycles. The Bertz CT molecular complexity index is 781. The molecule has 0 radical (unpaired) electrons. The van der Waals surface area contributed by atoms with Crippen LogP contribution in [-0.4, -0.2) is 71.4 Å². The van der Waals surface area contributed by atoms with Gasteiger partial charge in [0.2, 0.25) is 12.4 Å². The lowest BCUT2D eigenvalue weighted by molar-refractivity contribution is -0.119. The normalized spacial score (nSPS) is 13.9. The number of carbonyl (C=O) groups excluding carboxylic acids is 2. The van der Waals surface area contributed by atoms with E-state index in [4.69, 9.17) is 0 Å². The Kier molecular flexibility index (Phi) is 6.41. The topological polar surface area (TPSA) is 81.7 Å². The molecule has 3 rings (SSSR count). The molecule has 148 valence electrons. The molecule has 28 heavy (non-hydrogen) atoms. The molecule has 0 aliphatic carbocycles. The van der Waals surface area contributed by atoms with Gasteiger partial charge in [-0.3, -0.25) is 9.59 Å². The molecule has 1 aromatic heterocycles. The van der Waals surface area contributed by atoms with E-state index in [0.717, 1.165) is 25.2 Å². The van der Waals surface area contributed by atoms with Gasteiger partial charge in [0.25, 0.3) is 5.91 Å². The Morgan fingerprint density at radius 2 is 1.68 bits per heavy atom. The maximum absolute atomic E-state index is 12.5. The summed E-state index contributed by atoms with van der Waals surface area (Å²) in [4.78, 5) is 37.5. The second-order valence-electron chi connectivity index (χ2n) is 6.57. The van der Waals surface area contributed by atoms with Crippen LogP contribution in [0, 0.1) is 0 Å². The van der Waals surface area contributed by atoms with Crippen molar-refractivity contribution in [3.8, 4) is 0 Å². The summed E-state index contributed by atoms with van der Waals surface area (Å²) in [6.07, 6.45) is 3.89. The van der Waals surface area contributed by atoms with Crippen LogP contribution in [0.5, 0.6) is 0 Å². The van der Waals surface area contributed by atoms with E-state index in [2.05, 4.69) is 46.2 Å². The number of anilines is 3. The van der Waals surface area contributed by atoms with Gasteiger partial charge in [-0.25, -0.2) is 9.97 Å². The predicted molar refractivity (Wildman–Crippen MR) is 109 cm³/mol. The van der Waals surface area contributed by atoms with Gasteiger partial charge in [-0.15, -0.1) is 0 Å². The van der Waals surface area contributed by atoms with Gasteiger partial charge >= 0.3 is 0 Å². The Morgan fingerprint density at radius 3 is 2.21 bits per heavy atom. The summed E-state index contributed by atoms with van der Waals surface area (Å²) < 4.78 is 0. The molecule has 8 nitrogen and oxygen atoms in total. The van der Waals surface area contributed by atoms with Crippen molar-refractivity contribution in [3.63, 3.8) is 0 Å². The van der Waals surface area contributed by atoms with Crippen LogP contribution in [0.1, 0.15) is 24.2 Å². The Hall–Kier alpha value is -3.16. The van der Waals surface area contributed by atoms with E-state index in [-0.39, 0.29) is 5.91 Å². The van der Waals surface area contributed by atoms with Crippen molar-refractivity contribution in [2.24, 2.45) is 0 Å². The molecule has 8 heteroatoms. The highest BCUT2D eigenvalue weighted by Crippen LogP contribution is 2.19. The van der Waals surface area contributed by atoms with Gasteiger partial charge in [-0.05, 0) is 38.1 Å². The second kappa shape index (κ2) is 9.16. The summed E-state index contributed by atoms with van der Waals surface area (Å²) in [5, 5.41) is 3.15. The van der Waals surface area contributed by atoms with E-state index in [1.165, 1.54) is 18.1 Å². The minimum Gasteiger partial charge on any atom is -0.372 e. The van der Waals surface area contributed by atoms with Crippen LogP contribution < -0.4 is 10.2 Å². The van der Waals surface area contributed by atoms with Crippen LogP contribution >= 0.6 is 0 Å². The van der Waals surface area contributed by atoms with Gasteiger partial charge in [-0.1, -0.05) is 0 Å². The molecule has 1 aliphatic rings. The number of nitrogens with zero attached hydrogens (tertiary/aromatic N) is 5. The van der Waals surface area contributed by atoms with Crippen molar-refractivity contribution in [2.75, 3.05) is 49.5 Å². The highest BCUT2D eigenvalue weighted by atomic mass is 16.2. The fourth-order valence-corrected chi connectivity index (χ4v) is 3.19. The third kappa shape index (κ3) is 4.57. The van der Waals surface area contributed by atoms with E-state index in [9.17, 15) is 9.59 Å². The van der Waals surface area contributed by atoms with Gasteiger partial charge in [0.1, 0.15) is 0 Å². The van der Waals surface area contributed by atoms with Crippen molar-refractivity contribution in [3.05, 3.63) is 42.2 Å². The number of benzene rings is 1. The average molecular weight is 382 g/mol. The molecule has 0 unspecified atom stereocenters. The van der Waals surface area contributed by atoms with E-state index in [1.807, 2.05) is 12.1 Å². The second-order valence-corrected chi connectivity index (χ2v) is 6.57. The van der Waals surface area contributed by atoms with Crippen LogP contribution in [0.25, 0.3) is 0 Å². The molecule has 2 aromatic rings. The van der Waals surface area contributed by atoms with Crippen molar-refractivity contribution in [2.45, 2.75) is 13.8 Å². The smallest absolute Gasteiger partial charge is 0.257 e. The summed E-state index contributed by atoms with van der Waals surface area (Å²) in [7, 11) is 0. The standard InChI is InChI=1S/C20H26N6O2/c1-3-25(4-2)18-7-5-17(6-8-18)23-20-21-13-16(14-22-20)19(28)26-11-9-24(15-27)10-12-26/h5-8,13-15H,3-4,9-12H2,1-2H3,(H,21,22,23). The Labute approximate surface area is 165 Å². The first-order chi connectivity index (χ1) is 13.6. The average Bonchev–Trinajstić information content (AvgIpc) is 2.76. The Morgan fingerprint density at radius 1 is 1.07 bits per heavy atom. The van der Waals surface area contributed by atoms with Crippen LogP contribution in [-0.2, 0) is 4.79 Å². The molecule has 0 atom stereocenters. The lowest BCUT2D eigenvalue weighted by atomic mass is 10.2. The number of rotatable bonds is 7. The summed E-state index contributed by atoms with van der Waals surface area (Å²) in [5.41, 5.74) is 2.51. The lowest BCUT2D eigenvalue weighted by Gasteiger charge is -2.32. The fourth-order valence-electron chi connectivity index (χ4n) is 3.19. The maximum atomic E-state index is 12.5. The molecule has 1 fully saturated rings. The van der Waals surface area contributed by atoms with E-state index < -0.39 is 0 Å². The third-order valence-electron chi connectivity index (χ3n) is 4.90. The van der Waals surface area contributed by atoms with Crippen molar-refractivity contribution < 1.29 is 9.59 Å². The largest absolute Gasteiger partial charge is 0.372 e. The summed E-state index contributed by atoms with van der Waals surface area (Å²) in [5.74, 6) is 0.332. The molecule has 2 amide bonds. The highest BCUT2D eigenvalue weighted by Gasteiger charge is 2.21. The molecule has 1 aliphatic heterocycles. The van der Waals surface area contributed by atoms with E-state index in [0.29, 0.717) is 37.7 Å². The quantitative estimate of drug-likeness (QED) is 0.738. The molecular formula is C20H26N6O2. The van der Waals surface area contributed by atoms with E-state index >= 15 is 0 Å². The monoisotopic (exact) mass is 382 g/mol. The fraction of sp³-hybridized carbons (Fsp3) is 0.400. The van der Waals surface area contributed by atoms with Crippen LogP contribution in [0.3, 0.4) is 0 Å². The number of nitrogens with one attached hydrogen (secondary N) is 1. The minimum absolute atomic E-state index is 0.110. The van der Waals surface area contributed by atoms with E-state index in [1.54, 1.807) is 9.80 Å². The Balaban J connectivity index is 1.60.